The molecular weight excluding hydrogens is 373 g/mol. The molecule has 0 heterocycles. The molecule has 0 bridgehead atoms. The summed E-state index contributed by atoms with van der Waals surface area (Å²) < 4.78 is -0.784. The Morgan fingerprint density at radius 3 is 2.37 bits per heavy atom. The molecular formula is C10H7Cl5N2OS. The number of hydrazone groups is 1. The van der Waals surface area contributed by atoms with Crippen LogP contribution in [0, 0.1) is 0 Å². The lowest BCUT2D eigenvalue weighted by Crippen LogP contribution is -2.23. The number of carbonyl (C=O) groups excluding carboxylic acids is 1. The Balaban J connectivity index is 2.82. The summed E-state index contributed by atoms with van der Waals surface area (Å²) in [5.74, 6) is -0.769. The molecule has 1 aromatic carbocycles. The van der Waals surface area contributed by atoms with Gasteiger partial charge in [-0.15, -0.1) is 11.6 Å². The van der Waals surface area contributed by atoms with Crippen LogP contribution in [0.15, 0.2) is 29.4 Å². The topological polar surface area (TPSA) is 32.7 Å². The van der Waals surface area contributed by atoms with Crippen LogP contribution < -0.4 is 0 Å². The minimum absolute atomic E-state index is 0.272. The van der Waals surface area contributed by atoms with Crippen molar-refractivity contribution in [1.82, 2.24) is 4.41 Å². The Labute approximate surface area is 139 Å². The summed E-state index contributed by atoms with van der Waals surface area (Å²) in [7, 11) is 0. The molecule has 0 N–H and O–H groups in total. The zero-order valence-corrected chi connectivity index (χ0v) is 13.8. The van der Waals surface area contributed by atoms with Gasteiger partial charge in [0.15, 0.2) is 0 Å². The van der Waals surface area contributed by atoms with E-state index < -0.39 is 9.03 Å². The summed E-state index contributed by atoms with van der Waals surface area (Å²) in [6.45, 7) is 0. The maximum atomic E-state index is 11.5. The molecule has 0 saturated carbocycles. The number of benzene rings is 1. The zero-order valence-electron chi connectivity index (χ0n) is 9.19. The van der Waals surface area contributed by atoms with Crippen molar-refractivity contribution in [3.63, 3.8) is 0 Å². The van der Waals surface area contributed by atoms with Crippen LogP contribution in [-0.2, 0) is 4.79 Å². The molecule has 9 heteroatoms. The molecule has 0 spiro atoms. The van der Waals surface area contributed by atoms with E-state index in [1.165, 1.54) is 6.21 Å². The Morgan fingerprint density at radius 1 is 1.32 bits per heavy atom. The van der Waals surface area contributed by atoms with Gasteiger partial charge in [0.05, 0.1) is 6.21 Å². The quantitative estimate of drug-likeness (QED) is 0.328. The van der Waals surface area contributed by atoms with Crippen LogP contribution in [-0.4, -0.2) is 25.5 Å². The van der Waals surface area contributed by atoms with E-state index >= 15 is 0 Å². The highest BCUT2D eigenvalue weighted by molar-refractivity contribution is 8.03. The molecule has 0 fully saturated rings. The lowest BCUT2D eigenvalue weighted by atomic mass is 10.2. The molecule has 0 radical (unpaired) electrons. The van der Waals surface area contributed by atoms with Gasteiger partial charge in [0, 0.05) is 17.0 Å². The van der Waals surface area contributed by atoms with Crippen molar-refractivity contribution in [2.75, 3.05) is 5.88 Å². The van der Waals surface area contributed by atoms with E-state index in [0.29, 0.717) is 17.0 Å². The number of nitrogens with zero attached hydrogens (tertiary/aromatic N) is 2. The summed E-state index contributed by atoms with van der Waals surface area (Å²) >= 11 is 28.6. The molecule has 19 heavy (non-hydrogen) atoms. The molecule has 1 amide bonds. The summed E-state index contributed by atoms with van der Waals surface area (Å²) in [4.78, 5) is 11.5. The van der Waals surface area contributed by atoms with Gasteiger partial charge in [-0.2, -0.15) is 9.52 Å². The molecule has 0 atom stereocenters. The standard InChI is InChI=1S/C10H7Cl5N2OS/c11-5-9(18)17(19-10(13,14)15)16-6-7-1-3-8(12)4-2-7/h1-4,6H,5H2. The second-order valence-electron chi connectivity index (χ2n) is 3.13. The first-order valence-electron chi connectivity index (χ1n) is 4.76. The molecule has 0 aliphatic carbocycles. The van der Waals surface area contributed by atoms with Crippen LogP contribution in [0.1, 0.15) is 5.56 Å². The lowest BCUT2D eigenvalue weighted by Gasteiger charge is -2.18. The first-order valence-corrected chi connectivity index (χ1v) is 7.58. The normalized spacial score (nSPS) is 11.8. The van der Waals surface area contributed by atoms with E-state index in [0.717, 1.165) is 9.98 Å². The molecule has 0 aliphatic rings. The first-order chi connectivity index (χ1) is 8.81. The van der Waals surface area contributed by atoms with Gasteiger partial charge in [-0.1, -0.05) is 58.5 Å². The third kappa shape index (κ3) is 6.93. The van der Waals surface area contributed by atoms with Gasteiger partial charge in [0.2, 0.25) is 0 Å². The fourth-order valence-corrected chi connectivity index (χ4v) is 2.31. The maximum Gasteiger partial charge on any atom is 0.268 e. The third-order valence-electron chi connectivity index (χ3n) is 1.70. The minimum atomic E-state index is -1.71. The number of halogens is 5. The van der Waals surface area contributed by atoms with Crippen LogP contribution in [0.4, 0.5) is 0 Å². The Kier molecular flexibility index (Phi) is 7.08. The summed E-state index contributed by atoms with van der Waals surface area (Å²) in [6.07, 6.45) is 1.43. The van der Waals surface area contributed by atoms with Gasteiger partial charge in [0.25, 0.3) is 9.03 Å². The summed E-state index contributed by atoms with van der Waals surface area (Å²) in [5, 5.41) is 4.52. The van der Waals surface area contributed by atoms with Crippen molar-refractivity contribution in [3.8, 4) is 0 Å². The highest BCUT2D eigenvalue weighted by Gasteiger charge is 2.28. The number of hydrogen-bond donors (Lipinski definition) is 0. The van der Waals surface area contributed by atoms with Crippen molar-refractivity contribution < 1.29 is 4.79 Å². The number of rotatable bonds is 4. The van der Waals surface area contributed by atoms with Crippen LogP contribution in [0.2, 0.25) is 5.02 Å². The average molecular weight is 381 g/mol. The van der Waals surface area contributed by atoms with Gasteiger partial charge in [-0.3, -0.25) is 4.79 Å². The maximum absolute atomic E-state index is 11.5. The highest BCUT2D eigenvalue weighted by Crippen LogP contribution is 2.41. The molecule has 1 rings (SSSR count). The van der Waals surface area contributed by atoms with Crippen molar-refractivity contribution in [2.45, 2.75) is 3.12 Å². The van der Waals surface area contributed by atoms with E-state index in [9.17, 15) is 4.79 Å². The second-order valence-corrected chi connectivity index (χ2v) is 7.93. The molecule has 0 saturated heterocycles. The fourth-order valence-electron chi connectivity index (χ4n) is 0.956. The average Bonchev–Trinajstić information content (AvgIpc) is 2.34. The van der Waals surface area contributed by atoms with E-state index in [1.54, 1.807) is 24.3 Å². The second kappa shape index (κ2) is 7.81. The van der Waals surface area contributed by atoms with Crippen LogP contribution in [0.3, 0.4) is 0 Å². The lowest BCUT2D eigenvalue weighted by molar-refractivity contribution is -0.123. The van der Waals surface area contributed by atoms with Gasteiger partial charge in [-0.05, 0) is 17.7 Å². The Hall–Kier alpha value is 0.160. The fraction of sp³-hybridized carbons (Fsp3) is 0.200. The monoisotopic (exact) mass is 378 g/mol. The molecule has 3 nitrogen and oxygen atoms in total. The third-order valence-corrected chi connectivity index (χ3v) is 3.48. The number of hydrogen-bond acceptors (Lipinski definition) is 3. The number of amides is 1. The van der Waals surface area contributed by atoms with Gasteiger partial charge in [0.1, 0.15) is 5.88 Å². The molecule has 104 valence electrons. The van der Waals surface area contributed by atoms with Crippen molar-refractivity contribution >= 4 is 82.1 Å². The highest BCUT2D eigenvalue weighted by atomic mass is 35.6. The molecule has 0 aromatic heterocycles. The Bertz CT molecular complexity index is 460. The largest absolute Gasteiger partial charge is 0.271 e. The first kappa shape index (κ1) is 17.2. The van der Waals surface area contributed by atoms with E-state index in [4.69, 9.17) is 58.0 Å². The van der Waals surface area contributed by atoms with Crippen LogP contribution in [0.25, 0.3) is 0 Å². The number of alkyl halides is 4. The van der Waals surface area contributed by atoms with E-state index in [2.05, 4.69) is 5.10 Å². The van der Waals surface area contributed by atoms with Crippen molar-refractivity contribution in [1.29, 1.82) is 0 Å². The predicted octanol–water partition coefficient (Wildman–Crippen LogP) is 4.72. The van der Waals surface area contributed by atoms with Crippen LogP contribution in [0.5, 0.6) is 0 Å². The zero-order chi connectivity index (χ0) is 14.5. The van der Waals surface area contributed by atoms with Gasteiger partial charge >= 0.3 is 0 Å². The van der Waals surface area contributed by atoms with Crippen LogP contribution >= 0.6 is 70.0 Å². The Morgan fingerprint density at radius 2 is 1.89 bits per heavy atom. The van der Waals surface area contributed by atoms with E-state index in [1.807, 2.05) is 0 Å². The summed E-state index contributed by atoms with van der Waals surface area (Å²) in [5.41, 5.74) is 0.738. The molecule has 0 aliphatic heterocycles. The van der Waals surface area contributed by atoms with Crippen molar-refractivity contribution in [2.24, 2.45) is 5.10 Å². The van der Waals surface area contributed by atoms with Gasteiger partial charge in [-0.25, -0.2) is 0 Å². The number of carbonyl (C=O) groups is 1. The minimum Gasteiger partial charge on any atom is -0.271 e. The van der Waals surface area contributed by atoms with E-state index in [-0.39, 0.29) is 5.88 Å². The molecule has 1 aromatic rings. The van der Waals surface area contributed by atoms with Crippen molar-refractivity contribution in [3.05, 3.63) is 34.9 Å². The molecule has 0 unspecified atom stereocenters. The van der Waals surface area contributed by atoms with Gasteiger partial charge < -0.3 is 0 Å². The SMILES string of the molecule is O=C(CCl)N(N=Cc1ccc(Cl)cc1)SC(Cl)(Cl)Cl. The summed E-state index contributed by atoms with van der Waals surface area (Å²) in [6, 6.07) is 6.85. The smallest absolute Gasteiger partial charge is 0.268 e. The predicted molar refractivity (Wildman–Crippen MR) is 84.5 cm³/mol.